The lowest BCUT2D eigenvalue weighted by atomic mass is 9.74. The highest BCUT2D eigenvalue weighted by Crippen LogP contribution is 2.66. The molecule has 1 fully saturated rings. The molecule has 48 heavy (non-hydrogen) atoms. The summed E-state index contributed by atoms with van der Waals surface area (Å²) >= 11 is 0. The Bertz CT molecular complexity index is 2330. The first-order valence-electron chi connectivity index (χ1n) is 17.2. The van der Waals surface area contributed by atoms with Crippen molar-refractivity contribution in [3.05, 3.63) is 210 Å². The average molecular weight is 614 g/mol. The van der Waals surface area contributed by atoms with Crippen molar-refractivity contribution in [3.8, 4) is 11.1 Å². The molecular formula is C47H35N. The van der Waals surface area contributed by atoms with Crippen molar-refractivity contribution in [3.63, 3.8) is 0 Å². The highest BCUT2D eigenvalue weighted by atomic mass is 15.2. The molecule has 2 aliphatic carbocycles. The third kappa shape index (κ3) is 4.04. The van der Waals surface area contributed by atoms with Crippen molar-refractivity contribution in [2.24, 2.45) is 5.92 Å². The van der Waals surface area contributed by atoms with E-state index in [0.29, 0.717) is 5.92 Å². The van der Waals surface area contributed by atoms with Crippen LogP contribution in [0.15, 0.2) is 182 Å². The van der Waals surface area contributed by atoms with Crippen molar-refractivity contribution in [1.82, 2.24) is 0 Å². The van der Waals surface area contributed by atoms with E-state index in [2.05, 4.69) is 187 Å². The lowest BCUT2D eigenvalue weighted by molar-refractivity contribution is 0.709. The van der Waals surface area contributed by atoms with Crippen LogP contribution in [0.2, 0.25) is 0 Å². The van der Waals surface area contributed by atoms with Crippen molar-refractivity contribution in [2.45, 2.75) is 23.8 Å². The molecule has 0 N–H and O–H groups in total. The van der Waals surface area contributed by atoms with Crippen LogP contribution in [0.25, 0.3) is 27.5 Å². The molecular weight excluding hydrogens is 579 g/mol. The van der Waals surface area contributed by atoms with Gasteiger partial charge in [-0.3, -0.25) is 0 Å². The Morgan fingerprint density at radius 2 is 1.08 bits per heavy atom. The van der Waals surface area contributed by atoms with Crippen molar-refractivity contribution in [2.75, 3.05) is 4.90 Å². The Balaban J connectivity index is 1.15. The zero-order valence-electron chi connectivity index (χ0n) is 26.7. The summed E-state index contributed by atoms with van der Waals surface area (Å²) in [7, 11) is 0. The monoisotopic (exact) mass is 613 g/mol. The smallest absolute Gasteiger partial charge is 0.0638 e. The van der Waals surface area contributed by atoms with Gasteiger partial charge in [-0.2, -0.15) is 0 Å². The number of fused-ring (bicyclic) bond motifs is 6. The molecule has 4 atom stereocenters. The number of rotatable bonds is 5. The van der Waals surface area contributed by atoms with E-state index in [1.165, 1.54) is 66.7 Å². The van der Waals surface area contributed by atoms with Crippen LogP contribution in [0.4, 0.5) is 11.4 Å². The maximum absolute atomic E-state index is 2.66. The first kappa shape index (κ1) is 27.5. The third-order valence-corrected chi connectivity index (χ3v) is 11.3. The van der Waals surface area contributed by atoms with Gasteiger partial charge in [0.25, 0.3) is 0 Å². The molecule has 1 heteroatoms. The molecule has 4 unspecified atom stereocenters. The Labute approximate surface area is 282 Å². The molecule has 0 spiro atoms. The van der Waals surface area contributed by atoms with Crippen LogP contribution in [-0.2, 0) is 5.41 Å². The summed E-state index contributed by atoms with van der Waals surface area (Å²) in [4.78, 5) is 2.64. The summed E-state index contributed by atoms with van der Waals surface area (Å²) < 4.78 is 0. The fourth-order valence-corrected chi connectivity index (χ4v) is 9.07. The standard InChI is InChI=1S/C47H35N/c1-3-14-32(15-4-1)33-26-28-36(29-27-33)47(35-18-5-2-6-19-35)31-42(47)41-30-45-46(39-22-10-9-21-38(39)41)40-23-11-12-24-44(40)48(45)43-25-13-17-34-16-7-8-20-37(34)43/h1-30,42,45-46H,31H2. The molecule has 1 aliphatic heterocycles. The second-order valence-electron chi connectivity index (χ2n) is 13.6. The van der Waals surface area contributed by atoms with Gasteiger partial charge < -0.3 is 4.90 Å². The number of hydrogen-bond acceptors (Lipinski definition) is 1. The van der Waals surface area contributed by atoms with E-state index in [1.807, 2.05) is 0 Å². The minimum absolute atomic E-state index is 0.0714. The van der Waals surface area contributed by atoms with Gasteiger partial charge in [-0.25, -0.2) is 0 Å². The molecule has 0 amide bonds. The van der Waals surface area contributed by atoms with Crippen LogP contribution in [0.1, 0.15) is 40.2 Å². The van der Waals surface area contributed by atoms with Crippen LogP contribution >= 0.6 is 0 Å². The summed E-state index contributed by atoms with van der Waals surface area (Å²) in [5, 5.41) is 2.58. The minimum Gasteiger partial charge on any atom is -0.333 e. The molecule has 0 aromatic heterocycles. The summed E-state index contributed by atoms with van der Waals surface area (Å²) in [5.74, 6) is 0.651. The SMILES string of the molecule is C1=C(C2CC2(c2ccccc2)c2ccc(-c3ccccc3)cc2)c2ccccc2C2c3ccccc3N(c3cccc4ccccc34)C12. The van der Waals surface area contributed by atoms with Crippen molar-refractivity contribution < 1.29 is 0 Å². The predicted molar refractivity (Wildman–Crippen MR) is 200 cm³/mol. The normalized spacial score (nSPS) is 22.0. The van der Waals surface area contributed by atoms with Crippen molar-refractivity contribution in [1.29, 1.82) is 0 Å². The molecule has 7 aromatic rings. The summed E-state index contributed by atoms with van der Waals surface area (Å²) in [6.07, 6.45) is 3.75. The minimum atomic E-state index is -0.0714. The van der Waals surface area contributed by atoms with Crippen LogP contribution in [0.5, 0.6) is 0 Å². The average Bonchev–Trinajstić information content (AvgIpc) is 3.84. The van der Waals surface area contributed by atoms with E-state index < -0.39 is 0 Å². The van der Waals surface area contributed by atoms with Crippen LogP contribution < -0.4 is 4.90 Å². The van der Waals surface area contributed by atoms with Gasteiger partial charge in [0.15, 0.2) is 0 Å². The Morgan fingerprint density at radius 3 is 1.92 bits per heavy atom. The topological polar surface area (TPSA) is 3.24 Å². The van der Waals surface area contributed by atoms with Gasteiger partial charge in [0.2, 0.25) is 0 Å². The van der Waals surface area contributed by atoms with E-state index in [-0.39, 0.29) is 17.4 Å². The highest BCUT2D eigenvalue weighted by Gasteiger charge is 2.59. The van der Waals surface area contributed by atoms with Crippen LogP contribution in [0, 0.1) is 5.92 Å². The number of anilines is 2. The number of allylic oxidation sites excluding steroid dienone is 1. The largest absolute Gasteiger partial charge is 0.333 e. The zero-order valence-corrected chi connectivity index (χ0v) is 26.7. The Kier molecular flexibility index (Phi) is 6.11. The van der Waals surface area contributed by atoms with Crippen molar-refractivity contribution >= 4 is 27.7 Å². The molecule has 7 aromatic carbocycles. The van der Waals surface area contributed by atoms with E-state index in [9.17, 15) is 0 Å². The number of nitrogens with zero attached hydrogens (tertiary/aromatic N) is 1. The molecule has 10 rings (SSSR count). The van der Waals surface area contributed by atoms with Gasteiger partial charge in [0.05, 0.1) is 6.04 Å². The van der Waals surface area contributed by atoms with E-state index in [0.717, 1.165) is 6.42 Å². The Hall–Kier alpha value is -5.66. The van der Waals surface area contributed by atoms with Gasteiger partial charge in [-0.05, 0) is 74.4 Å². The fraction of sp³-hybridized carbons (Fsp3) is 0.106. The molecule has 1 saturated carbocycles. The Morgan fingerprint density at radius 1 is 0.479 bits per heavy atom. The number of benzene rings is 7. The van der Waals surface area contributed by atoms with Gasteiger partial charge in [0.1, 0.15) is 0 Å². The van der Waals surface area contributed by atoms with Gasteiger partial charge >= 0.3 is 0 Å². The second-order valence-corrected chi connectivity index (χ2v) is 13.6. The van der Waals surface area contributed by atoms with Crippen LogP contribution in [-0.4, -0.2) is 6.04 Å². The molecule has 0 bridgehead atoms. The molecule has 228 valence electrons. The molecule has 3 aliphatic rings. The first-order chi connectivity index (χ1) is 23.8. The maximum Gasteiger partial charge on any atom is 0.0638 e. The van der Waals surface area contributed by atoms with E-state index in [4.69, 9.17) is 0 Å². The molecule has 0 radical (unpaired) electrons. The molecule has 1 nitrogen and oxygen atoms in total. The van der Waals surface area contributed by atoms with Gasteiger partial charge in [-0.1, -0.05) is 170 Å². The first-order valence-corrected chi connectivity index (χ1v) is 17.2. The van der Waals surface area contributed by atoms with Gasteiger partial charge in [0, 0.05) is 28.1 Å². The molecule has 1 heterocycles. The summed E-state index contributed by atoms with van der Waals surface area (Å²) in [6.45, 7) is 0. The lowest BCUT2D eigenvalue weighted by Crippen LogP contribution is -2.32. The fourth-order valence-electron chi connectivity index (χ4n) is 9.07. The zero-order chi connectivity index (χ0) is 31.7. The lowest BCUT2D eigenvalue weighted by Gasteiger charge is -2.35. The van der Waals surface area contributed by atoms with Gasteiger partial charge in [-0.15, -0.1) is 0 Å². The third-order valence-electron chi connectivity index (χ3n) is 11.3. The van der Waals surface area contributed by atoms with E-state index in [1.54, 1.807) is 0 Å². The molecule has 0 saturated heterocycles. The number of hydrogen-bond donors (Lipinski definition) is 0. The quantitative estimate of drug-likeness (QED) is 0.187. The predicted octanol–water partition coefficient (Wildman–Crippen LogP) is 11.6. The summed E-state index contributed by atoms with van der Waals surface area (Å²) in [6, 6.07) is 65.5. The summed E-state index contributed by atoms with van der Waals surface area (Å²) in [5.41, 5.74) is 13.6. The van der Waals surface area contributed by atoms with Crippen LogP contribution in [0.3, 0.4) is 0 Å². The number of para-hydroxylation sites is 1. The maximum atomic E-state index is 2.66. The highest BCUT2D eigenvalue weighted by molar-refractivity contribution is 5.98. The van der Waals surface area contributed by atoms with E-state index >= 15 is 0 Å². The second kappa shape index (κ2) is 10.7.